The second kappa shape index (κ2) is 4.07. The molecular formula is C9H17NO3. The third kappa shape index (κ3) is 2.97. The van der Waals surface area contributed by atoms with E-state index in [1.54, 1.807) is 13.8 Å². The second-order valence-electron chi connectivity index (χ2n) is 4.03. The van der Waals surface area contributed by atoms with Crippen LogP contribution in [0.5, 0.6) is 0 Å². The standard InChI is InChI=1S/C9H17NO3/c1-9(2,6-11)10-8(12)7-4-3-5-13-7/h7,11H,3-6H2,1-2H3,(H,10,12). The van der Waals surface area contributed by atoms with Crippen LogP contribution >= 0.6 is 0 Å². The molecule has 13 heavy (non-hydrogen) atoms. The first kappa shape index (κ1) is 10.5. The van der Waals surface area contributed by atoms with Gasteiger partial charge in [0.05, 0.1) is 12.1 Å². The maximum Gasteiger partial charge on any atom is 0.249 e. The molecule has 2 N–H and O–H groups in total. The molecule has 1 aliphatic heterocycles. The Bertz CT molecular complexity index is 185. The number of carbonyl (C=O) groups excluding carboxylic acids is 1. The summed E-state index contributed by atoms with van der Waals surface area (Å²) in [6.07, 6.45) is 1.41. The lowest BCUT2D eigenvalue weighted by Gasteiger charge is -2.25. The van der Waals surface area contributed by atoms with Crippen LogP contribution < -0.4 is 5.32 Å². The van der Waals surface area contributed by atoms with E-state index in [4.69, 9.17) is 9.84 Å². The number of aliphatic hydroxyl groups is 1. The van der Waals surface area contributed by atoms with Crippen LogP contribution in [0.15, 0.2) is 0 Å². The van der Waals surface area contributed by atoms with E-state index in [1.807, 2.05) is 0 Å². The molecule has 0 aliphatic carbocycles. The Morgan fingerprint density at radius 3 is 2.85 bits per heavy atom. The van der Waals surface area contributed by atoms with E-state index in [2.05, 4.69) is 5.32 Å². The fraction of sp³-hybridized carbons (Fsp3) is 0.889. The summed E-state index contributed by atoms with van der Waals surface area (Å²) in [5, 5.41) is 11.7. The molecule has 0 spiro atoms. The predicted octanol–water partition coefficient (Wildman–Crippen LogP) is 0.0525. The van der Waals surface area contributed by atoms with Crippen molar-refractivity contribution in [2.45, 2.75) is 38.3 Å². The Labute approximate surface area is 78.3 Å². The van der Waals surface area contributed by atoms with Crippen molar-refractivity contribution in [1.82, 2.24) is 5.32 Å². The number of rotatable bonds is 3. The molecule has 1 fully saturated rings. The zero-order valence-corrected chi connectivity index (χ0v) is 8.17. The summed E-state index contributed by atoms with van der Waals surface area (Å²) in [7, 11) is 0. The van der Waals surface area contributed by atoms with Gasteiger partial charge in [0, 0.05) is 6.61 Å². The van der Waals surface area contributed by atoms with Crippen LogP contribution in [0.4, 0.5) is 0 Å². The van der Waals surface area contributed by atoms with Gasteiger partial charge in [-0.05, 0) is 26.7 Å². The molecule has 1 heterocycles. The van der Waals surface area contributed by atoms with Gasteiger partial charge in [-0.3, -0.25) is 4.79 Å². The summed E-state index contributed by atoms with van der Waals surface area (Å²) in [6, 6.07) is 0. The van der Waals surface area contributed by atoms with Gasteiger partial charge in [-0.25, -0.2) is 0 Å². The van der Waals surface area contributed by atoms with Crippen LogP contribution in [0, 0.1) is 0 Å². The fourth-order valence-electron chi connectivity index (χ4n) is 1.24. The van der Waals surface area contributed by atoms with Crippen molar-refractivity contribution in [2.75, 3.05) is 13.2 Å². The Balaban J connectivity index is 2.40. The van der Waals surface area contributed by atoms with Crippen molar-refractivity contribution in [1.29, 1.82) is 0 Å². The molecule has 76 valence electrons. The van der Waals surface area contributed by atoms with Gasteiger partial charge in [0.1, 0.15) is 6.10 Å². The molecular weight excluding hydrogens is 170 g/mol. The van der Waals surface area contributed by atoms with Gasteiger partial charge < -0.3 is 15.2 Å². The fourth-order valence-corrected chi connectivity index (χ4v) is 1.24. The number of aliphatic hydroxyl groups excluding tert-OH is 1. The average molecular weight is 187 g/mol. The summed E-state index contributed by atoms with van der Waals surface area (Å²) in [5.74, 6) is -0.114. The maximum atomic E-state index is 11.5. The van der Waals surface area contributed by atoms with Gasteiger partial charge in [0.15, 0.2) is 0 Å². The minimum Gasteiger partial charge on any atom is -0.394 e. The van der Waals surface area contributed by atoms with E-state index in [1.165, 1.54) is 0 Å². The SMILES string of the molecule is CC(C)(CO)NC(=O)C1CCCO1. The Kier molecular flexibility index (Phi) is 3.27. The zero-order chi connectivity index (χ0) is 9.90. The quantitative estimate of drug-likeness (QED) is 0.656. The van der Waals surface area contributed by atoms with Gasteiger partial charge in [-0.1, -0.05) is 0 Å². The van der Waals surface area contributed by atoms with Crippen LogP contribution in [0.25, 0.3) is 0 Å². The number of nitrogens with one attached hydrogen (secondary N) is 1. The number of hydrogen-bond acceptors (Lipinski definition) is 3. The summed E-state index contributed by atoms with van der Waals surface area (Å²) < 4.78 is 5.21. The third-order valence-corrected chi connectivity index (χ3v) is 2.08. The molecule has 1 saturated heterocycles. The van der Waals surface area contributed by atoms with Gasteiger partial charge in [-0.2, -0.15) is 0 Å². The first-order valence-corrected chi connectivity index (χ1v) is 4.60. The Morgan fingerprint density at radius 2 is 2.38 bits per heavy atom. The monoisotopic (exact) mass is 187 g/mol. The van der Waals surface area contributed by atoms with Gasteiger partial charge >= 0.3 is 0 Å². The van der Waals surface area contributed by atoms with Crippen LogP contribution in [-0.2, 0) is 9.53 Å². The highest BCUT2D eigenvalue weighted by atomic mass is 16.5. The topological polar surface area (TPSA) is 58.6 Å². The van der Waals surface area contributed by atoms with Crippen molar-refractivity contribution in [3.05, 3.63) is 0 Å². The molecule has 0 aromatic carbocycles. The zero-order valence-electron chi connectivity index (χ0n) is 8.17. The van der Waals surface area contributed by atoms with Crippen molar-refractivity contribution in [2.24, 2.45) is 0 Å². The first-order chi connectivity index (χ1) is 6.05. The molecule has 1 atom stereocenters. The lowest BCUT2D eigenvalue weighted by molar-refractivity contribution is -0.132. The van der Waals surface area contributed by atoms with Crippen LogP contribution in [0.3, 0.4) is 0 Å². The lowest BCUT2D eigenvalue weighted by Crippen LogP contribution is -2.49. The summed E-state index contributed by atoms with van der Waals surface area (Å²) in [6.45, 7) is 4.16. The van der Waals surface area contributed by atoms with E-state index in [0.29, 0.717) is 6.61 Å². The van der Waals surface area contributed by atoms with E-state index in [0.717, 1.165) is 12.8 Å². The molecule has 0 aromatic rings. The first-order valence-electron chi connectivity index (χ1n) is 4.60. The summed E-state index contributed by atoms with van der Waals surface area (Å²) in [4.78, 5) is 11.5. The van der Waals surface area contributed by atoms with Gasteiger partial charge in [-0.15, -0.1) is 0 Å². The minimum absolute atomic E-state index is 0.0640. The highest BCUT2D eigenvalue weighted by Crippen LogP contribution is 2.13. The van der Waals surface area contributed by atoms with Gasteiger partial charge in [0.25, 0.3) is 0 Å². The molecule has 0 radical (unpaired) electrons. The van der Waals surface area contributed by atoms with Crippen molar-refractivity contribution < 1.29 is 14.6 Å². The van der Waals surface area contributed by atoms with Crippen molar-refractivity contribution in [3.8, 4) is 0 Å². The van der Waals surface area contributed by atoms with E-state index in [9.17, 15) is 4.79 Å². The van der Waals surface area contributed by atoms with Crippen LogP contribution in [0.2, 0.25) is 0 Å². The molecule has 1 unspecified atom stereocenters. The molecule has 1 rings (SSSR count). The van der Waals surface area contributed by atoms with Gasteiger partial charge in [0.2, 0.25) is 5.91 Å². The van der Waals surface area contributed by atoms with Crippen molar-refractivity contribution >= 4 is 5.91 Å². The Hall–Kier alpha value is -0.610. The largest absolute Gasteiger partial charge is 0.394 e. The van der Waals surface area contributed by atoms with E-state index in [-0.39, 0.29) is 18.6 Å². The summed E-state index contributed by atoms with van der Waals surface area (Å²) >= 11 is 0. The van der Waals surface area contributed by atoms with E-state index < -0.39 is 5.54 Å². The van der Waals surface area contributed by atoms with E-state index >= 15 is 0 Å². The molecule has 0 aromatic heterocycles. The number of carbonyl (C=O) groups is 1. The normalized spacial score (nSPS) is 23.2. The molecule has 4 heteroatoms. The maximum absolute atomic E-state index is 11.5. The highest BCUT2D eigenvalue weighted by molar-refractivity contribution is 5.81. The average Bonchev–Trinajstić information content (AvgIpc) is 2.55. The smallest absolute Gasteiger partial charge is 0.249 e. The molecule has 4 nitrogen and oxygen atoms in total. The van der Waals surface area contributed by atoms with Crippen LogP contribution in [0.1, 0.15) is 26.7 Å². The number of ether oxygens (including phenoxy) is 1. The molecule has 0 saturated carbocycles. The molecule has 0 bridgehead atoms. The minimum atomic E-state index is -0.553. The van der Waals surface area contributed by atoms with Crippen molar-refractivity contribution in [3.63, 3.8) is 0 Å². The molecule has 1 aliphatic rings. The lowest BCUT2D eigenvalue weighted by atomic mass is 10.1. The highest BCUT2D eigenvalue weighted by Gasteiger charge is 2.28. The molecule has 1 amide bonds. The second-order valence-corrected chi connectivity index (χ2v) is 4.03. The third-order valence-electron chi connectivity index (χ3n) is 2.08. The Morgan fingerprint density at radius 1 is 1.69 bits per heavy atom. The predicted molar refractivity (Wildman–Crippen MR) is 48.3 cm³/mol. The van der Waals surface area contributed by atoms with Crippen LogP contribution in [-0.4, -0.2) is 35.9 Å². The number of hydrogen-bond donors (Lipinski definition) is 2. The number of amides is 1. The summed E-state index contributed by atoms with van der Waals surface area (Å²) in [5.41, 5.74) is -0.553.